The zero-order valence-electron chi connectivity index (χ0n) is 11.8. The molecule has 112 valence electrons. The first kappa shape index (κ1) is 15.3. The van der Waals surface area contributed by atoms with Crippen molar-refractivity contribution in [1.82, 2.24) is 15.5 Å². The summed E-state index contributed by atoms with van der Waals surface area (Å²) >= 11 is 5.84. The molecule has 0 fully saturated rings. The second-order valence-corrected chi connectivity index (χ2v) is 4.94. The van der Waals surface area contributed by atoms with Crippen LogP contribution in [0.5, 0.6) is 0 Å². The first-order valence-electron chi connectivity index (χ1n) is 6.81. The normalized spacial score (nSPS) is 11.6. The Kier molecular flexibility index (Phi) is 5.57. The highest BCUT2D eigenvalue weighted by atomic mass is 35.5. The standard InChI is InChI=1S/C14H18ClN5O/c1-2-3-8-17-14(16)18-9-12-19-13(20-21-12)10-4-6-11(15)7-5-10/h4-7H,2-3,8-9H2,1H3,(H3,16,17,18). The van der Waals surface area contributed by atoms with Crippen molar-refractivity contribution in [1.29, 1.82) is 0 Å². The van der Waals surface area contributed by atoms with Gasteiger partial charge in [-0.15, -0.1) is 0 Å². The Bertz CT molecular complexity index is 594. The summed E-state index contributed by atoms with van der Waals surface area (Å²) in [6, 6.07) is 7.23. The minimum atomic E-state index is 0.256. The SMILES string of the molecule is CCCCNC(N)=NCc1nc(-c2ccc(Cl)cc2)no1. The molecule has 0 bridgehead atoms. The number of benzene rings is 1. The van der Waals surface area contributed by atoms with E-state index in [2.05, 4.69) is 27.4 Å². The fourth-order valence-corrected chi connectivity index (χ4v) is 1.76. The monoisotopic (exact) mass is 307 g/mol. The molecule has 2 rings (SSSR count). The van der Waals surface area contributed by atoms with Gasteiger partial charge < -0.3 is 15.6 Å². The van der Waals surface area contributed by atoms with Gasteiger partial charge in [-0.05, 0) is 30.7 Å². The molecule has 21 heavy (non-hydrogen) atoms. The molecule has 3 N–H and O–H groups in total. The number of aromatic nitrogens is 2. The van der Waals surface area contributed by atoms with Gasteiger partial charge in [0.25, 0.3) is 0 Å². The van der Waals surface area contributed by atoms with Crippen LogP contribution in [0.2, 0.25) is 5.02 Å². The molecule has 0 amide bonds. The quantitative estimate of drug-likeness (QED) is 0.486. The number of hydrogen-bond acceptors (Lipinski definition) is 4. The Morgan fingerprint density at radius 2 is 2.14 bits per heavy atom. The summed E-state index contributed by atoms with van der Waals surface area (Å²) in [4.78, 5) is 8.42. The highest BCUT2D eigenvalue weighted by molar-refractivity contribution is 6.30. The summed E-state index contributed by atoms with van der Waals surface area (Å²) < 4.78 is 5.14. The van der Waals surface area contributed by atoms with Gasteiger partial charge in [-0.3, -0.25) is 0 Å². The summed E-state index contributed by atoms with van der Waals surface area (Å²) in [7, 11) is 0. The summed E-state index contributed by atoms with van der Waals surface area (Å²) in [6.45, 7) is 3.18. The lowest BCUT2D eigenvalue weighted by Crippen LogP contribution is -2.32. The molecule has 1 heterocycles. The Hall–Kier alpha value is -2.08. The zero-order chi connectivity index (χ0) is 15.1. The van der Waals surface area contributed by atoms with Gasteiger partial charge in [-0.2, -0.15) is 4.98 Å². The molecule has 7 heteroatoms. The maximum absolute atomic E-state index is 5.84. The largest absolute Gasteiger partial charge is 0.370 e. The van der Waals surface area contributed by atoms with Crippen molar-refractivity contribution in [2.75, 3.05) is 6.54 Å². The van der Waals surface area contributed by atoms with Crippen LogP contribution in [0.25, 0.3) is 11.4 Å². The van der Waals surface area contributed by atoms with Crippen LogP contribution in [-0.2, 0) is 6.54 Å². The summed E-state index contributed by atoms with van der Waals surface area (Å²) in [5.74, 6) is 1.31. The minimum absolute atomic E-state index is 0.256. The maximum Gasteiger partial charge on any atom is 0.248 e. The van der Waals surface area contributed by atoms with E-state index in [0.717, 1.165) is 24.9 Å². The van der Waals surface area contributed by atoms with E-state index in [1.54, 1.807) is 12.1 Å². The lowest BCUT2D eigenvalue weighted by Gasteiger charge is -2.02. The Morgan fingerprint density at radius 3 is 2.86 bits per heavy atom. The molecule has 0 saturated heterocycles. The Morgan fingerprint density at radius 1 is 1.38 bits per heavy atom. The third-order valence-corrected chi connectivity index (χ3v) is 3.04. The third-order valence-electron chi connectivity index (χ3n) is 2.79. The number of unbranched alkanes of at least 4 members (excludes halogenated alkanes) is 1. The molecule has 0 saturated carbocycles. The number of aliphatic imine (C=N–C) groups is 1. The molecule has 0 spiro atoms. The summed E-state index contributed by atoms with van der Waals surface area (Å²) in [5, 5.41) is 7.60. The van der Waals surface area contributed by atoms with Crippen LogP contribution in [-0.4, -0.2) is 22.6 Å². The predicted octanol–water partition coefficient (Wildman–Crippen LogP) is 2.59. The van der Waals surface area contributed by atoms with E-state index in [0.29, 0.717) is 22.7 Å². The van der Waals surface area contributed by atoms with Crippen molar-refractivity contribution in [2.45, 2.75) is 26.3 Å². The van der Waals surface area contributed by atoms with Gasteiger partial charge in [0.15, 0.2) is 5.96 Å². The lowest BCUT2D eigenvalue weighted by atomic mass is 10.2. The van der Waals surface area contributed by atoms with Crippen LogP contribution in [0, 0.1) is 0 Å². The molecule has 0 atom stereocenters. The second kappa shape index (κ2) is 7.64. The summed E-state index contributed by atoms with van der Waals surface area (Å²) in [6.07, 6.45) is 2.16. The number of nitrogens with two attached hydrogens (primary N) is 1. The van der Waals surface area contributed by atoms with Gasteiger partial charge in [0.1, 0.15) is 6.54 Å². The molecule has 0 radical (unpaired) electrons. The van der Waals surface area contributed by atoms with Crippen LogP contribution in [0.3, 0.4) is 0 Å². The van der Waals surface area contributed by atoms with Crippen molar-refractivity contribution in [2.24, 2.45) is 10.7 Å². The number of guanidine groups is 1. The van der Waals surface area contributed by atoms with E-state index in [1.807, 2.05) is 12.1 Å². The minimum Gasteiger partial charge on any atom is -0.370 e. The van der Waals surface area contributed by atoms with Crippen LogP contribution < -0.4 is 11.1 Å². The Balaban J connectivity index is 1.94. The van der Waals surface area contributed by atoms with E-state index >= 15 is 0 Å². The van der Waals surface area contributed by atoms with E-state index in [1.165, 1.54) is 0 Å². The number of nitrogens with one attached hydrogen (secondary N) is 1. The van der Waals surface area contributed by atoms with Gasteiger partial charge in [-0.1, -0.05) is 30.1 Å². The van der Waals surface area contributed by atoms with E-state index in [-0.39, 0.29) is 6.54 Å². The smallest absolute Gasteiger partial charge is 0.248 e. The van der Waals surface area contributed by atoms with Gasteiger partial charge in [0.05, 0.1) is 0 Å². The van der Waals surface area contributed by atoms with Crippen molar-refractivity contribution in [3.63, 3.8) is 0 Å². The average Bonchev–Trinajstić information content (AvgIpc) is 2.95. The first-order chi connectivity index (χ1) is 10.2. The van der Waals surface area contributed by atoms with E-state index < -0.39 is 0 Å². The molecule has 0 unspecified atom stereocenters. The summed E-state index contributed by atoms with van der Waals surface area (Å²) in [5.41, 5.74) is 6.57. The van der Waals surface area contributed by atoms with Crippen LogP contribution in [0.1, 0.15) is 25.7 Å². The van der Waals surface area contributed by atoms with Crippen LogP contribution >= 0.6 is 11.6 Å². The average molecular weight is 308 g/mol. The topological polar surface area (TPSA) is 89.3 Å². The number of halogens is 1. The number of hydrogen-bond donors (Lipinski definition) is 2. The molecule has 2 aromatic rings. The van der Waals surface area contributed by atoms with Gasteiger partial charge in [0, 0.05) is 17.1 Å². The van der Waals surface area contributed by atoms with Gasteiger partial charge in [-0.25, -0.2) is 4.99 Å². The van der Waals surface area contributed by atoms with Gasteiger partial charge >= 0.3 is 0 Å². The first-order valence-corrected chi connectivity index (χ1v) is 7.19. The molecule has 0 aliphatic rings. The molecule has 0 aliphatic carbocycles. The molecular weight excluding hydrogens is 290 g/mol. The van der Waals surface area contributed by atoms with Crippen molar-refractivity contribution >= 4 is 17.6 Å². The molecular formula is C14H18ClN5O. The van der Waals surface area contributed by atoms with Crippen molar-refractivity contribution in [3.05, 3.63) is 35.2 Å². The van der Waals surface area contributed by atoms with Crippen molar-refractivity contribution < 1.29 is 4.52 Å². The highest BCUT2D eigenvalue weighted by Gasteiger charge is 2.08. The maximum atomic E-state index is 5.84. The molecule has 1 aromatic heterocycles. The predicted molar refractivity (Wildman–Crippen MR) is 83.0 cm³/mol. The van der Waals surface area contributed by atoms with Gasteiger partial charge in [0.2, 0.25) is 11.7 Å². The third kappa shape index (κ3) is 4.75. The fourth-order valence-electron chi connectivity index (χ4n) is 1.64. The fraction of sp³-hybridized carbons (Fsp3) is 0.357. The molecule has 0 aliphatic heterocycles. The second-order valence-electron chi connectivity index (χ2n) is 4.50. The van der Waals surface area contributed by atoms with Crippen LogP contribution in [0.15, 0.2) is 33.8 Å². The Labute approximate surface area is 128 Å². The van der Waals surface area contributed by atoms with Crippen LogP contribution in [0.4, 0.5) is 0 Å². The van der Waals surface area contributed by atoms with E-state index in [4.69, 9.17) is 21.9 Å². The molecule has 6 nitrogen and oxygen atoms in total. The lowest BCUT2D eigenvalue weighted by molar-refractivity contribution is 0.381. The highest BCUT2D eigenvalue weighted by Crippen LogP contribution is 2.18. The van der Waals surface area contributed by atoms with Crippen molar-refractivity contribution in [3.8, 4) is 11.4 Å². The number of nitrogens with zero attached hydrogens (tertiary/aromatic N) is 3. The molecule has 1 aromatic carbocycles. The number of rotatable bonds is 6. The van der Waals surface area contributed by atoms with E-state index in [9.17, 15) is 0 Å². The zero-order valence-corrected chi connectivity index (χ0v) is 12.6.